The molecular weight excluding hydrogens is 288 g/mol. The van der Waals surface area contributed by atoms with Gasteiger partial charge in [-0.05, 0) is 44.0 Å². The number of carbonyl (C=O) groups excluding carboxylic acids is 1. The van der Waals surface area contributed by atoms with Crippen LogP contribution in [-0.2, 0) is 10.1 Å². The van der Waals surface area contributed by atoms with Crippen LogP contribution in [0.1, 0.15) is 32.6 Å². The molecule has 2 aromatic rings. The van der Waals surface area contributed by atoms with Crippen molar-refractivity contribution in [2.45, 2.75) is 25.7 Å². The van der Waals surface area contributed by atoms with E-state index in [9.17, 15) is 17.8 Å². The van der Waals surface area contributed by atoms with Gasteiger partial charge in [0.05, 0.1) is 0 Å². The zero-order valence-electron chi connectivity index (χ0n) is 12.0. The topological polar surface area (TPSA) is 71.4 Å². The minimum absolute atomic E-state index is 0.00977. The zero-order chi connectivity index (χ0) is 15.8. The fraction of sp³-hybridized carbons (Fsp3) is 0.188. The molecule has 0 bridgehead atoms. The molecule has 0 amide bonds. The van der Waals surface area contributed by atoms with Gasteiger partial charge >= 0.3 is 0 Å². The summed E-state index contributed by atoms with van der Waals surface area (Å²) < 4.78 is 32.4. The molecule has 1 N–H and O–H groups in total. The van der Waals surface area contributed by atoms with Crippen LogP contribution in [0, 0.1) is 20.8 Å². The van der Waals surface area contributed by atoms with Gasteiger partial charge in [0, 0.05) is 11.1 Å². The van der Waals surface area contributed by atoms with Crippen LogP contribution in [0.5, 0.6) is 0 Å². The molecule has 21 heavy (non-hydrogen) atoms. The maximum Gasteiger partial charge on any atom is 0.295 e. The van der Waals surface area contributed by atoms with Gasteiger partial charge in [-0.25, -0.2) is 0 Å². The summed E-state index contributed by atoms with van der Waals surface area (Å²) in [7, 11) is -4.45. The average molecular weight is 304 g/mol. The largest absolute Gasteiger partial charge is 0.295 e. The van der Waals surface area contributed by atoms with Gasteiger partial charge < -0.3 is 0 Å². The molecule has 0 aliphatic rings. The smallest absolute Gasteiger partial charge is 0.289 e. The van der Waals surface area contributed by atoms with Crippen molar-refractivity contribution >= 4 is 15.9 Å². The highest BCUT2D eigenvalue weighted by Gasteiger charge is 2.22. The molecule has 4 nitrogen and oxygen atoms in total. The molecule has 0 radical (unpaired) electrons. The molecule has 0 saturated carbocycles. The molecule has 0 aliphatic carbocycles. The van der Waals surface area contributed by atoms with E-state index in [0.29, 0.717) is 11.1 Å². The Bertz CT molecular complexity index is 803. The molecule has 5 heteroatoms. The molecule has 0 fully saturated rings. The number of aryl methyl sites for hydroxylation is 3. The molecule has 0 aliphatic heterocycles. The SMILES string of the molecule is Cc1ccc(C(=O)c2cc(C)c(C)cc2S(=O)(=O)O)cc1. The molecule has 0 unspecified atom stereocenters. The van der Waals surface area contributed by atoms with Gasteiger partial charge in [0.2, 0.25) is 0 Å². The van der Waals surface area contributed by atoms with E-state index < -0.39 is 15.9 Å². The lowest BCUT2D eigenvalue weighted by molar-refractivity contribution is 0.103. The Morgan fingerprint density at radius 3 is 2.00 bits per heavy atom. The van der Waals surface area contributed by atoms with Crippen molar-refractivity contribution in [2.24, 2.45) is 0 Å². The molecule has 0 heterocycles. The predicted molar refractivity (Wildman–Crippen MR) is 80.3 cm³/mol. The average Bonchev–Trinajstić information content (AvgIpc) is 2.40. The Morgan fingerprint density at radius 1 is 0.952 bits per heavy atom. The van der Waals surface area contributed by atoms with Crippen molar-refractivity contribution in [3.8, 4) is 0 Å². The van der Waals surface area contributed by atoms with Crippen LogP contribution in [0.25, 0.3) is 0 Å². The molecule has 2 rings (SSSR count). The zero-order valence-corrected chi connectivity index (χ0v) is 12.9. The van der Waals surface area contributed by atoms with Crippen molar-refractivity contribution in [3.63, 3.8) is 0 Å². The number of hydrogen-bond acceptors (Lipinski definition) is 3. The van der Waals surface area contributed by atoms with Gasteiger partial charge in [0.15, 0.2) is 5.78 Å². The van der Waals surface area contributed by atoms with Crippen LogP contribution in [0.15, 0.2) is 41.3 Å². The Morgan fingerprint density at radius 2 is 1.48 bits per heavy atom. The van der Waals surface area contributed by atoms with E-state index in [1.165, 1.54) is 12.1 Å². The summed E-state index contributed by atoms with van der Waals surface area (Å²) in [5, 5.41) is 0. The van der Waals surface area contributed by atoms with Crippen molar-refractivity contribution in [2.75, 3.05) is 0 Å². The quantitative estimate of drug-likeness (QED) is 0.698. The van der Waals surface area contributed by atoms with Gasteiger partial charge in [-0.1, -0.05) is 29.8 Å². The van der Waals surface area contributed by atoms with Gasteiger partial charge in [0.25, 0.3) is 10.1 Å². The monoisotopic (exact) mass is 304 g/mol. The molecule has 0 spiro atoms. The summed E-state index contributed by atoms with van der Waals surface area (Å²) in [6.45, 7) is 5.41. The van der Waals surface area contributed by atoms with E-state index in [1.807, 2.05) is 6.92 Å². The molecular formula is C16H16O4S. The van der Waals surface area contributed by atoms with E-state index >= 15 is 0 Å². The first kappa shape index (κ1) is 15.4. The van der Waals surface area contributed by atoms with E-state index in [2.05, 4.69) is 0 Å². The van der Waals surface area contributed by atoms with Crippen LogP contribution in [0.4, 0.5) is 0 Å². The van der Waals surface area contributed by atoms with Crippen molar-refractivity contribution in [3.05, 3.63) is 64.2 Å². The van der Waals surface area contributed by atoms with E-state index in [4.69, 9.17) is 0 Å². The fourth-order valence-corrected chi connectivity index (χ4v) is 2.80. The van der Waals surface area contributed by atoms with Crippen LogP contribution in [-0.4, -0.2) is 18.8 Å². The van der Waals surface area contributed by atoms with Crippen LogP contribution >= 0.6 is 0 Å². The normalized spacial score (nSPS) is 11.4. The van der Waals surface area contributed by atoms with E-state index in [0.717, 1.165) is 11.1 Å². The predicted octanol–water partition coefficient (Wildman–Crippen LogP) is 3.09. The van der Waals surface area contributed by atoms with Gasteiger partial charge in [-0.15, -0.1) is 0 Å². The third-order valence-corrected chi connectivity index (χ3v) is 4.33. The number of rotatable bonds is 3. The fourth-order valence-electron chi connectivity index (χ4n) is 2.04. The van der Waals surface area contributed by atoms with Gasteiger partial charge in [-0.2, -0.15) is 8.42 Å². The lowest BCUT2D eigenvalue weighted by Crippen LogP contribution is -2.11. The van der Waals surface area contributed by atoms with Crippen molar-refractivity contribution in [1.82, 2.24) is 0 Å². The first-order valence-electron chi connectivity index (χ1n) is 6.40. The second kappa shape index (κ2) is 5.42. The Hall–Kier alpha value is -1.98. The number of carbonyl (C=O) groups is 1. The number of benzene rings is 2. The second-order valence-electron chi connectivity index (χ2n) is 5.10. The molecule has 0 atom stereocenters. The molecule has 2 aromatic carbocycles. The summed E-state index contributed by atoms with van der Waals surface area (Å²) in [5.74, 6) is -0.425. The first-order chi connectivity index (χ1) is 9.70. The molecule has 0 aromatic heterocycles. The summed E-state index contributed by atoms with van der Waals surface area (Å²) in [6.07, 6.45) is 0. The van der Waals surface area contributed by atoms with E-state index in [1.54, 1.807) is 38.1 Å². The van der Waals surface area contributed by atoms with Crippen molar-refractivity contribution in [1.29, 1.82) is 0 Å². The first-order valence-corrected chi connectivity index (χ1v) is 7.84. The highest BCUT2D eigenvalue weighted by atomic mass is 32.2. The summed E-state index contributed by atoms with van der Waals surface area (Å²) in [5.41, 5.74) is 2.86. The lowest BCUT2D eigenvalue weighted by atomic mass is 9.98. The summed E-state index contributed by atoms with van der Waals surface area (Å²) >= 11 is 0. The lowest BCUT2D eigenvalue weighted by Gasteiger charge is -2.10. The second-order valence-corrected chi connectivity index (χ2v) is 6.49. The molecule has 0 saturated heterocycles. The third-order valence-electron chi connectivity index (χ3n) is 3.43. The Kier molecular flexibility index (Phi) is 3.98. The minimum atomic E-state index is -4.45. The van der Waals surface area contributed by atoms with Crippen LogP contribution in [0.3, 0.4) is 0 Å². The maximum atomic E-state index is 12.5. The van der Waals surface area contributed by atoms with Gasteiger partial charge in [0.1, 0.15) is 4.90 Å². The van der Waals surface area contributed by atoms with Crippen LogP contribution < -0.4 is 0 Å². The third kappa shape index (κ3) is 3.20. The highest BCUT2D eigenvalue weighted by molar-refractivity contribution is 7.86. The summed E-state index contributed by atoms with van der Waals surface area (Å²) in [4.78, 5) is 12.2. The number of ketones is 1. The maximum absolute atomic E-state index is 12.5. The Balaban J connectivity index is 2.65. The molecule has 110 valence electrons. The van der Waals surface area contributed by atoms with Crippen LogP contribution in [0.2, 0.25) is 0 Å². The highest BCUT2D eigenvalue weighted by Crippen LogP contribution is 2.23. The van der Waals surface area contributed by atoms with Gasteiger partial charge in [-0.3, -0.25) is 9.35 Å². The number of hydrogen-bond donors (Lipinski definition) is 1. The summed E-state index contributed by atoms with van der Waals surface area (Å²) in [6, 6.07) is 9.66. The van der Waals surface area contributed by atoms with Crippen molar-refractivity contribution < 1.29 is 17.8 Å². The Labute approximate surface area is 124 Å². The van der Waals surface area contributed by atoms with E-state index in [-0.39, 0.29) is 10.5 Å². The minimum Gasteiger partial charge on any atom is -0.289 e. The standard InChI is InChI=1S/C16H16O4S/c1-10-4-6-13(7-5-10)16(17)14-8-11(2)12(3)9-15(14)21(18,19)20/h4-9H,1-3H3,(H,18,19,20).